The normalized spacial score (nSPS) is 22.9. The summed E-state index contributed by atoms with van der Waals surface area (Å²) in [5.41, 5.74) is 0. The second-order valence-electron chi connectivity index (χ2n) is 4.51. The summed E-state index contributed by atoms with van der Waals surface area (Å²) in [5, 5.41) is 9.43. The van der Waals surface area contributed by atoms with Gasteiger partial charge in [-0.2, -0.15) is 0 Å². The fourth-order valence-corrected chi connectivity index (χ4v) is 1.88. The summed E-state index contributed by atoms with van der Waals surface area (Å²) in [6.45, 7) is 8.67. The van der Waals surface area contributed by atoms with Crippen LogP contribution in [0.3, 0.4) is 0 Å². The first kappa shape index (κ1) is 12.0. The molecule has 1 saturated heterocycles. The lowest BCUT2D eigenvalue weighted by Crippen LogP contribution is -2.41. The van der Waals surface area contributed by atoms with E-state index in [9.17, 15) is 5.11 Å². The van der Waals surface area contributed by atoms with Gasteiger partial charge >= 0.3 is 0 Å². The second-order valence-corrected chi connectivity index (χ2v) is 4.51. The van der Waals surface area contributed by atoms with Crippen LogP contribution in [0.1, 0.15) is 26.7 Å². The molecule has 0 aromatic carbocycles. The van der Waals surface area contributed by atoms with Gasteiger partial charge < -0.3 is 10.0 Å². The van der Waals surface area contributed by atoms with E-state index in [4.69, 9.17) is 0 Å². The quantitative estimate of drug-likeness (QED) is 0.710. The molecule has 1 aliphatic heterocycles. The number of nitrogens with zero attached hydrogens (tertiary/aromatic N) is 2. The highest BCUT2D eigenvalue weighted by Gasteiger charge is 2.16. The summed E-state index contributed by atoms with van der Waals surface area (Å²) in [4.78, 5) is 4.74. The monoisotopic (exact) mass is 200 g/mol. The minimum Gasteiger partial charge on any atom is -0.392 e. The first-order chi connectivity index (χ1) is 6.61. The van der Waals surface area contributed by atoms with Crippen molar-refractivity contribution in [3.63, 3.8) is 0 Å². The Hall–Kier alpha value is -0.120. The van der Waals surface area contributed by atoms with E-state index < -0.39 is 0 Å². The van der Waals surface area contributed by atoms with Crippen LogP contribution in [0.2, 0.25) is 0 Å². The van der Waals surface area contributed by atoms with Gasteiger partial charge in [-0.15, -0.1) is 0 Å². The van der Waals surface area contributed by atoms with E-state index in [2.05, 4.69) is 23.8 Å². The zero-order valence-electron chi connectivity index (χ0n) is 9.74. The molecule has 0 bridgehead atoms. The van der Waals surface area contributed by atoms with E-state index in [1.165, 1.54) is 25.9 Å². The van der Waals surface area contributed by atoms with Crippen molar-refractivity contribution in [2.75, 3.05) is 33.2 Å². The summed E-state index contributed by atoms with van der Waals surface area (Å²) in [6.07, 6.45) is 2.48. The van der Waals surface area contributed by atoms with Crippen molar-refractivity contribution in [2.24, 2.45) is 0 Å². The van der Waals surface area contributed by atoms with Crippen molar-refractivity contribution in [2.45, 2.75) is 38.8 Å². The number of aliphatic hydroxyl groups is 1. The summed E-state index contributed by atoms with van der Waals surface area (Å²) in [5.74, 6) is 0. The number of hydrogen-bond acceptors (Lipinski definition) is 3. The molecule has 2 atom stereocenters. The molecule has 3 heteroatoms. The maximum atomic E-state index is 9.43. The molecular weight excluding hydrogens is 176 g/mol. The molecule has 1 fully saturated rings. The maximum absolute atomic E-state index is 9.43. The zero-order chi connectivity index (χ0) is 10.6. The molecule has 0 radical (unpaired) electrons. The van der Waals surface area contributed by atoms with Gasteiger partial charge in [0.25, 0.3) is 0 Å². The molecule has 0 aromatic rings. The largest absolute Gasteiger partial charge is 0.392 e. The van der Waals surface area contributed by atoms with Crippen LogP contribution < -0.4 is 0 Å². The Kier molecular flexibility index (Phi) is 4.85. The highest BCUT2D eigenvalue weighted by atomic mass is 16.3. The summed E-state index contributed by atoms with van der Waals surface area (Å²) >= 11 is 0. The van der Waals surface area contributed by atoms with Crippen LogP contribution in [0.5, 0.6) is 0 Å². The van der Waals surface area contributed by atoms with Crippen LogP contribution in [-0.2, 0) is 0 Å². The van der Waals surface area contributed by atoms with E-state index in [0.717, 1.165) is 13.1 Å². The van der Waals surface area contributed by atoms with Gasteiger partial charge in [0.05, 0.1) is 6.10 Å². The maximum Gasteiger partial charge on any atom is 0.0664 e. The van der Waals surface area contributed by atoms with Gasteiger partial charge in [0.2, 0.25) is 0 Å². The molecule has 3 nitrogen and oxygen atoms in total. The number of aliphatic hydroxyl groups excluding tert-OH is 1. The van der Waals surface area contributed by atoms with Crippen molar-refractivity contribution in [1.29, 1.82) is 0 Å². The van der Waals surface area contributed by atoms with Gasteiger partial charge in [0, 0.05) is 19.1 Å². The van der Waals surface area contributed by atoms with Gasteiger partial charge in [-0.05, 0) is 46.8 Å². The molecule has 2 unspecified atom stereocenters. The van der Waals surface area contributed by atoms with E-state index in [0.29, 0.717) is 0 Å². The molecule has 1 aliphatic rings. The predicted octanol–water partition coefficient (Wildman–Crippen LogP) is 0.783. The molecular formula is C11H24N2O. The third kappa shape index (κ3) is 3.56. The van der Waals surface area contributed by atoms with Crippen molar-refractivity contribution < 1.29 is 5.11 Å². The third-order valence-electron chi connectivity index (χ3n) is 3.36. The topological polar surface area (TPSA) is 26.7 Å². The number of likely N-dealkylation sites (tertiary alicyclic amines) is 1. The fourth-order valence-electron chi connectivity index (χ4n) is 1.88. The predicted molar refractivity (Wildman–Crippen MR) is 59.4 cm³/mol. The lowest BCUT2D eigenvalue weighted by molar-refractivity contribution is 0.0814. The number of likely N-dealkylation sites (N-methyl/N-ethyl adjacent to an activating group) is 1. The van der Waals surface area contributed by atoms with Gasteiger partial charge in [-0.25, -0.2) is 0 Å². The van der Waals surface area contributed by atoms with Crippen molar-refractivity contribution in [1.82, 2.24) is 9.80 Å². The van der Waals surface area contributed by atoms with Gasteiger partial charge in [-0.1, -0.05) is 0 Å². The first-order valence-electron chi connectivity index (χ1n) is 5.72. The first-order valence-corrected chi connectivity index (χ1v) is 5.72. The minimum absolute atomic E-state index is 0.237. The lowest BCUT2D eigenvalue weighted by Gasteiger charge is -2.28. The highest BCUT2D eigenvalue weighted by molar-refractivity contribution is 4.72. The molecule has 0 aromatic heterocycles. The average Bonchev–Trinajstić information content (AvgIpc) is 2.65. The molecule has 0 spiro atoms. The Morgan fingerprint density at radius 1 is 1.29 bits per heavy atom. The van der Waals surface area contributed by atoms with Crippen molar-refractivity contribution in [3.05, 3.63) is 0 Å². The molecule has 0 aliphatic carbocycles. The Morgan fingerprint density at radius 3 is 2.36 bits per heavy atom. The standard InChI is InChI=1S/C11H24N2O/c1-10(11(2)14)12(3)8-9-13-6-4-5-7-13/h10-11,14H,4-9H2,1-3H3. The molecule has 1 N–H and O–H groups in total. The Bertz CT molecular complexity index is 155. The van der Waals surface area contributed by atoms with Gasteiger partial charge in [-0.3, -0.25) is 4.90 Å². The van der Waals surface area contributed by atoms with Crippen LogP contribution in [0.4, 0.5) is 0 Å². The van der Waals surface area contributed by atoms with Gasteiger partial charge in [0.1, 0.15) is 0 Å². The average molecular weight is 200 g/mol. The van der Waals surface area contributed by atoms with Crippen LogP contribution in [0, 0.1) is 0 Å². The van der Waals surface area contributed by atoms with E-state index >= 15 is 0 Å². The molecule has 0 saturated carbocycles. The van der Waals surface area contributed by atoms with Crippen LogP contribution in [-0.4, -0.2) is 60.3 Å². The Labute approximate surface area is 87.7 Å². The van der Waals surface area contributed by atoms with E-state index in [1.54, 1.807) is 0 Å². The van der Waals surface area contributed by atoms with E-state index in [-0.39, 0.29) is 12.1 Å². The summed E-state index contributed by atoms with van der Waals surface area (Å²) in [6, 6.07) is 0.262. The fraction of sp³-hybridized carbons (Fsp3) is 1.00. The lowest BCUT2D eigenvalue weighted by atomic mass is 10.2. The number of rotatable bonds is 5. The SMILES string of the molecule is CC(O)C(C)N(C)CCN1CCCC1. The van der Waals surface area contributed by atoms with Crippen molar-refractivity contribution in [3.8, 4) is 0 Å². The summed E-state index contributed by atoms with van der Waals surface area (Å²) < 4.78 is 0. The molecule has 1 heterocycles. The van der Waals surface area contributed by atoms with Crippen LogP contribution in [0.15, 0.2) is 0 Å². The van der Waals surface area contributed by atoms with Crippen LogP contribution in [0.25, 0.3) is 0 Å². The molecule has 84 valence electrons. The summed E-state index contributed by atoms with van der Waals surface area (Å²) in [7, 11) is 2.09. The smallest absolute Gasteiger partial charge is 0.0664 e. The Morgan fingerprint density at radius 2 is 1.86 bits per heavy atom. The second kappa shape index (κ2) is 5.69. The molecule has 0 amide bonds. The highest BCUT2D eigenvalue weighted by Crippen LogP contribution is 2.07. The van der Waals surface area contributed by atoms with Crippen molar-refractivity contribution >= 4 is 0 Å². The zero-order valence-corrected chi connectivity index (χ0v) is 9.74. The van der Waals surface area contributed by atoms with E-state index in [1.807, 2.05) is 6.92 Å². The minimum atomic E-state index is -0.237. The Balaban J connectivity index is 2.16. The third-order valence-corrected chi connectivity index (χ3v) is 3.36. The molecule has 1 rings (SSSR count). The number of hydrogen-bond donors (Lipinski definition) is 1. The van der Waals surface area contributed by atoms with Gasteiger partial charge in [0.15, 0.2) is 0 Å². The van der Waals surface area contributed by atoms with Crippen LogP contribution >= 0.6 is 0 Å². The molecule has 14 heavy (non-hydrogen) atoms.